The fourth-order valence-corrected chi connectivity index (χ4v) is 12.9. The van der Waals surface area contributed by atoms with Crippen molar-refractivity contribution in [2.45, 2.75) is 138 Å². The van der Waals surface area contributed by atoms with Crippen molar-refractivity contribution < 1.29 is 33.4 Å². The van der Waals surface area contributed by atoms with Crippen molar-refractivity contribution in [3.05, 3.63) is 46.9 Å². The highest BCUT2D eigenvalue weighted by atomic mass is 16.5. The Hall–Kier alpha value is -3.82. The van der Waals surface area contributed by atoms with Crippen LogP contribution in [-0.4, -0.2) is 45.4 Å². The van der Waals surface area contributed by atoms with E-state index in [1.54, 1.807) is 38.1 Å². The molecule has 1 heterocycles. The molecule has 0 bridgehead atoms. The molecule has 1 aromatic carbocycles. The van der Waals surface area contributed by atoms with Crippen molar-refractivity contribution in [2.24, 2.45) is 50.7 Å². The highest BCUT2D eigenvalue weighted by Crippen LogP contribution is 2.76. The van der Waals surface area contributed by atoms with Gasteiger partial charge in [-0.25, -0.2) is 0 Å². The SMILES string of the molecule is CC(C)C1=C2C3CC[C@@H]4C5(C)CC[C@H](OC(=O)CC(C)(C)C(=O)O)C(C)(C)[C@@H]5CC[C@@]4(C)[C@]3(C)CC[C@@]2(c2nnc(Nc3ccc(C=O)cc3)o2)CC1=O. The minimum atomic E-state index is -1.18. The third kappa shape index (κ3) is 5.62. The monoisotopic (exact) mass is 741 g/mol. The maximum atomic E-state index is 14.1. The lowest BCUT2D eigenvalue weighted by molar-refractivity contribution is -0.232. The van der Waals surface area contributed by atoms with E-state index in [0.717, 1.165) is 68.9 Å². The molecule has 0 spiro atoms. The van der Waals surface area contributed by atoms with E-state index in [0.29, 0.717) is 29.7 Å². The molecule has 2 unspecified atom stereocenters. The number of aldehydes is 1. The predicted octanol–water partition coefficient (Wildman–Crippen LogP) is 9.27. The summed E-state index contributed by atoms with van der Waals surface area (Å²) in [6.07, 6.45) is 8.34. The topological polar surface area (TPSA) is 149 Å². The number of ketones is 1. The van der Waals surface area contributed by atoms with Gasteiger partial charge in [0.05, 0.1) is 17.3 Å². The van der Waals surface area contributed by atoms with Crippen LogP contribution in [-0.2, 0) is 24.5 Å². The number of nitrogens with one attached hydrogen (secondary N) is 1. The summed E-state index contributed by atoms with van der Waals surface area (Å²) in [6, 6.07) is 7.34. The standard InChI is InChI=1S/C44H59N3O7/c1-25(2)34-29(49)22-44(36-46-47-38(54-36)45-27-12-10-26(24-48)11-13-27)21-20-42(8)28(35(34)44)14-15-31-41(7)18-17-32(53-33(50)23-39(3,4)37(51)52)40(5,6)30(41)16-19-43(31,42)9/h10-13,24-25,28,30-32H,14-23H2,1-9H3,(H,45,47)(H,51,52)/t28?,30-,31+,32-,41?,42+,43+,44+/m0/s1. The summed E-state index contributed by atoms with van der Waals surface area (Å²) in [5.74, 6) is 0.380. The van der Waals surface area contributed by atoms with E-state index < -0.39 is 22.8 Å². The molecule has 2 N–H and O–H groups in total. The molecule has 54 heavy (non-hydrogen) atoms. The number of benzene rings is 1. The number of allylic oxidation sites excluding steroid dienone is 2. The summed E-state index contributed by atoms with van der Waals surface area (Å²) in [5, 5.41) is 21.9. The molecule has 4 saturated carbocycles. The second-order valence-corrected chi connectivity index (χ2v) is 19.8. The number of anilines is 2. The maximum Gasteiger partial charge on any atom is 0.320 e. The van der Waals surface area contributed by atoms with Crippen molar-refractivity contribution in [1.82, 2.24) is 10.2 Å². The minimum absolute atomic E-state index is 0.0222. The van der Waals surface area contributed by atoms with Gasteiger partial charge in [-0.2, -0.15) is 0 Å². The fraction of sp³-hybridized carbons (Fsp3) is 0.682. The number of rotatable bonds is 9. The van der Waals surface area contributed by atoms with Gasteiger partial charge in [-0.15, -0.1) is 5.10 Å². The normalized spacial score (nSPS) is 35.8. The zero-order valence-corrected chi connectivity index (χ0v) is 33.6. The van der Waals surface area contributed by atoms with E-state index in [2.05, 4.69) is 64.0 Å². The Labute approximate surface area is 319 Å². The van der Waals surface area contributed by atoms with Crippen molar-refractivity contribution in [3.63, 3.8) is 0 Å². The Morgan fingerprint density at radius 3 is 2.31 bits per heavy atom. The lowest BCUT2D eigenvalue weighted by Gasteiger charge is -2.72. The van der Waals surface area contributed by atoms with Crippen LogP contribution in [0.5, 0.6) is 0 Å². The maximum absolute atomic E-state index is 14.1. The number of hydrogen-bond acceptors (Lipinski definition) is 9. The molecule has 0 radical (unpaired) electrons. The second-order valence-electron chi connectivity index (χ2n) is 19.8. The molecular weight excluding hydrogens is 682 g/mol. The molecule has 8 atom stereocenters. The number of carbonyl (C=O) groups excluding carboxylic acids is 3. The van der Waals surface area contributed by atoms with Crippen LogP contribution in [0.25, 0.3) is 0 Å². The van der Waals surface area contributed by atoms with Crippen LogP contribution in [0.1, 0.15) is 143 Å². The third-order valence-electron chi connectivity index (χ3n) is 15.9. The molecule has 1 aromatic heterocycles. The number of fused-ring (bicyclic) bond motifs is 7. The molecule has 4 fully saturated rings. The van der Waals surface area contributed by atoms with E-state index in [1.807, 2.05) is 0 Å². The molecule has 292 valence electrons. The van der Waals surface area contributed by atoms with Gasteiger partial charge in [-0.3, -0.25) is 19.2 Å². The number of Topliss-reactive ketones (excluding diaryl/α,β-unsaturated/α-hetero) is 1. The number of esters is 1. The van der Waals surface area contributed by atoms with E-state index >= 15 is 0 Å². The number of carboxylic acid groups (broad SMARTS) is 1. The van der Waals surface area contributed by atoms with Crippen LogP contribution in [0.15, 0.2) is 39.8 Å². The van der Waals surface area contributed by atoms with Gasteiger partial charge in [0.2, 0.25) is 5.89 Å². The zero-order valence-electron chi connectivity index (χ0n) is 33.6. The summed E-state index contributed by atoms with van der Waals surface area (Å²) in [4.78, 5) is 50.2. The Balaban J connectivity index is 1.18. The fourth-order valence-electron chi connectivity index (χ4n) is 12.9. The first-order valence-electron chi connectivity index (χ1n) is 20.1. The Bertz CT molecular complexity index is 1890. The van der Waals surface area contributed by atoms with Gasteiger partial charge < -0.3 is 19.6 Å². The second kappa shape index (κ2) is 12.9. The Morgan fingerprint density at radius 1 is 0.963 bits per heavy atom. The van der Waals surface area contributed by atoms with E-state index in [9.17, 15) is 24.3 Å². The molecule has 0 amide bonds. The molecule has 10 heteroatoms. The van der Waals surface area contributed by atoms with Gasteiger partial charge in [-0.05, 0) is 141 Å². The first-order valence-corrected chi connectivity index (χ1v) is 20.1. The van der Waals surface area contributed by atoms with Crippen molar-refractivity contribution in [3.8, 4) is 0 Å². The summed E-state index contributed by atoms with van der Waals surface area (Å²) in [6.45, 7) is 19.5. The smallest absolute Gasteiger partial charge is 0.320 e. The average molecular weight is 742 g/mol. The van der Waals surface area contributed by atoms with Crippen LogP contribution in [0, 0.1) is 50.7 Å². The van der Waals surface area contributed by atoms with Crippen LogP contribution >= 0.6 is 0 Å². The lowest BCUT2D eigenvalue weighted by atomic mass is 9.33. The van der Waals surface area contributed by atoms with Crippen molar-refractivity contribution >= 4 is 35.7 Å². The number of carboxylic acids is 1. The van der Waals surface area contributed by atoms with Gasteiger partial charge in [0.25, 0.3) is 0 Å². The van der Waals surface area contributed by atoms with Crippen LogP contribution in [0.3, 0.4) is 0 Å². The Kier molecular flexibility index (Phi) is 9.17. The summed E-state index contributed by atoms with van der Waals surface area (Å²) in [7, 11) is 0. The number of aromatic nitrogens is 2. The summed E-state index contributed by atoms with van der Waals surface area (Å²) in [5.41, 5.74) is 1.47. The van der Waals surface area contributed by atoms with E-state index in [1.165, 1.54) is 5.57 Å². The first-order chi connectivity index (χ1) is 25.2. The first kappa shape index (κ1) is 38.5. The summed E-state index contributed by atoms with van der Waals surface area (Å²) < 4.78 is 12.6. The van der Waals surface area contributed by atoms with Crippen LogP contribution in [0.4, 0.5) is 11.7 Å². The molecule has 0 aliphatic heterocycles. The number of ether oxygens (including phenoxy) is 1. The molecule has 5 aliphatic carbocycles. The lowest BCUT2D eigenvalue weighted by Crippen LogP contribution is -2.66. The van der Waals surface area contributed by atoms with Crippen molar-refractivity contribution in [2.75, 3.05) is 5.32 Å². The predicted molar refractivity (Wildman–Crippen MR) is 204 cm³/mol. The van der Waals surface area contributed by atoms with Gasteiger partial charge in [-0.1, -0.05) is 53.6 Å². The molecule has 5 aliphatic rings. The zero-order chi connectivity index (χ0) is 39.2. The molecule has 10 nitrogen and oxygen atoms in total. The molecule has 7 rings (SSSR count). The minimum Gasteiger partial charge on any atom is -0.481 e. The van der Waals surface area contributed by atoms with Gasteiger partial charge >= 0.3 is 18.0 Å². The molecular formula is C44H59N3O7. The third-order valence-corrected chi connectivity index (χ3v) is 15.9. The van der Waals surface area contributed by atoms with Gasteiger partial charge in [0.15, 0.2) is 5.78 Å². The van der Waals surface area contributed by atoms with Crippen LogP contribution < -0.4 is 5.32 Å². The van der Waals surface area contributed by atoms with Crippen molar-refractivity contribution in [1.29, 1.82) is 0 Å². The van der Waals surface area contributed by atoms with Gasteiger partial charge in [0, 0.05) is 23.1 Å². The Morgan fingerprint density at radius 2 is 1.67 bits per heavy atom. The summed E-state index contributed by atoms with van der Waals surface area (Å²) >= 11 is 0. The number of carbonyl (C=O) groups is 4. The van der Waals surface area contributed by atoms with E-state index in [4.69, 9.17) is 9.15 Å². The molecule has 2 aromatic rings. The average Bonchev–Trinajstić information content (AvgIpc) is 3.69. The van der Waals surface area contributed by atoms with Crippen LogP contribution in [0.2, 0.25) is 0 Å². The van der Waals surface area contributed by atoms with Gasteiger partial charge in [0.1, 0.15) is 12.4 Å². The number of aliphatic carboxylic acids is 1. The number of nitrogens with zero attached hydrogens (tertiary/aromatic N) is 2. The number of hydrogen-bond donors (Lipinski definition) is 2. The largest absolute Gasteiger partial charge is 0.481 e. The highest BCUT2D eigenvalue weighted by molar-refractivity contribution is 6.01. The highest BCUT2D eigenvalue weighted by Gasteiger charge is 2.71. The molecule has 0 saturated heterocycles. The quantitative estimate of drug-likeness (QED) is 0.188. The van der Waals surface area contributed by atoms with E-state index in [-0.39, 0.29) is 57.8 Å².